The molecule has 0 unspecified atom stereocenters. The van der Waals surface area contributed by atoms with E-state index in [1.807, 2.05) is 30.3 Å². The molecule has 0 spiro atoms. The number of hydrogen-bond acceptors (Lipinski definition) is 5. The summed E-state index contributed by atoms with van der Waals surface area (Å²) in [6.07, 6.45) is 4.45. The number of carbonyl (C=O) groups excluding carboxylic acids is 1. The summed E-state index contributed by atoms with van der Waals surface area (Å²) < 4.78 is 0.997. The van der Waals surface area contributed by atoms with Gasteiger partial charge in [-0.3, -0.25) is 14.7 Å². The van der Waals surface area contributed by atoms with Gasteiger partial charge in [-0.15, -0.1) is 0 Å². The molecule has 0 radical (unpaired) electrons. The highest BCUT2D eigenvalue weighted by atomic mass is 35.5. The molecular formula is C18H11ClN4OS. The number of thiazole rings is 1. The summed E-state index contributed by atoms with van der Waals surface area (Å²) in [7, 11) is 0. The minimum absolute atomic E-state index is 0.238. The van der Waals surface area contributed by atoms with Gasteiger partial charge in [0.15, 0.2) is 5.13 Å². The number of anilines is 2. The molecule has 122 valence electrons. The quantitative estimate of drug-likeness (QED) is 0.526. The monoisotopic (exact) mass is 366 g/mol. The van der Waals surface area contributed by atoms with E-state index in [1.54, 1.807) is 18.2 Å². The van der Waals surface area contributed by atoms with Crippen molar-refractivity contribution in [2.45, 2.75) is 0 Å². The Morgan fingerprint density at radius 3 is 2.72 bits per heavy atom. The summed E-state index contributed by atoms with van der Waals surface area (Å²) in [5.41, 5.74) is 1.70. The average molecular weight is 367 g/mol. The van der Waals surface area contributed by atoms with E-state index in [4.69, 9.17) is 11.6 Å². The number of benzene rings is 2. The smallest absolute Gasteiger partial charge is 0.266 e. The standard InChI is InChI=1S/C18H11ClN4OS/c19-12-4-3-5-13(10-12)23(17(24)15-11-20-8-9-21-15)18-22-14-6-1-2-7-16(14)25-18/h1-11H. The van der Waals surface area contributed by atoms with Crippen molar-refractivity contribution in [3.63, 3.8) is 0 Å². The molecule has 7 heteroatoms. The molecule has 0 bridgehead atoms. The first-order valence-corrected chi connectivity index (χ1v) is 8.63. The molecule has 25 heavy (non-hydrogen) atoms. The number of amides is 1. The SMILES string of the molecule is O=C(c1cnccn1)N(c1cccc(Cl)c1)c1nc2ccccc2s1. The van der Waals surface area contributed by atoms with E-state index in [2.05, 4.69) is 15.0 Å². The minimum atomic E-state index is -0.311. The summed E-state index contributed by atoms with van der Waals surface area (Å²) >= 11 is 7.55. The Morgan fingerprint density at radius 1 is 1.08 bits per heavy atom. The molecule has 2 heterocycles. The third-order valence-electron chi connectivity index (χ3n) is 3.53. The Hall–Kier alpha value is -2.83. The molecule has 2 aromatic carbocycles. The molecular weight excluding hydrogens is 356 g/mol. The maximum absolute atomic E-state index is 13.1. The maximum Gasteiger partial charge on any atom is 0.284 e. The van der Waals surface area contributed by atoms with Crippen LogP contribution >= 0.6 is 22.9 Å². The number of rotatable bonds is 3. The first-order chi connectivity index (χ1) is 12.2. The maximum atomic E-state index is 13.1. The summed E-state index contributed by atoms with van der Waals surface area (Å²) in [6, 6.07) is 14.8. The van der Waals surface area contributed by atoms with E-state index in [-0.39, 0.29) is 11.6 Å². The number of para-hydroxylation sites is 1. The number of hydrogen-bond donors (Lipinski definition) is 0. The van der Waals surface area contributed by atoms with E-state index >= 15 is 0 Å². The molecule has 0 N–H and O–H groups in total. The van der Waals surface area contributed by atoms with Crippen molar-refractivity contribution in [2.75, 3.05) is 4.90 Å². The normalized spacial score (nSPS) is 10.8. The first-order valence-electron chi connectivity index (χ1n) is 7.44. The number of nitrogens with zero attached hydrogens (tertiary/aromatic N) is 4. The fraction of sp³-hybridized carbons (Fsp3) is 0. The van der Waals surface area contributed by atoms with Crippen LogP contribution in [0.1, 0.15) is 10.5 Å². The molecule has 5 nitrogen and oxygen atoms in total. The van der Waals surface area contributed by atoms with Gasteiger partial charge in [-0.25, -0.2) is 9.97 Å². The van der Waals surface area contributed by atoms with Crippen LogP contribution in [0, 0.1) is 0 Å². The Kier molecular flexibility index (Phi) is 4.13. The molecule has 0 fully saturated rings. The van der Waals surface area contributed by atoms with Crippen LogP contribution in [-0.2, 0) is 0 Å². The number of aromatic nitrogens is 3. The van der Waals surface area contributed by atoms with Crippen LogP contribution in [0.3, 0.4) is 0 Å². The van der Waals surface area contributed by atoms with Crippen molar-refractivity contribution in [3.8, 4) is 0 Å². The van der Waals surface area contributed by atoms with E-state index in [0.717, 1.165) is 10.2 Å². The molecule has 0 aliphatic rings. The predicted molar refractivity (Wildman–Crippen MR) is 99.6 cm³/mol. The van der Waals surface area contributed by atoms with Crippen molar-refractivity contribution in [2.24, 2.45) is 0 Å². The van der Waals surface area contributed by atoms with Crippen LogP contribution < -0.4 is 4.90 Å². The Bertz CT molecular complexity index is 1020. The van der Waals surface area contributed by atoms with Crippen molar-refractivity contribution >= 4 is 49.9 Å². The van der Waals surface area contributed by atoms with Gasteiger partial charge < -0.3 is 0 Å². The number of carbonyl (C=O) groups is 1. The van der Waals surface area contributed by atoms with E-state index in [1.165, 1.54) is 34.8 Å². The van der Waals surface area contributed by atoms with Gasteiger partial charge in [-0.05, 0) is 30.3 Å². The van der Waals surface area contributed by atoms with E-state index in [9.17, 15) is 4.79 Å². The van der Waals surface area contributed by atoms with Gasteiger partial charge >= 0.3 is 0 Å². The van der Waals surface area contributed by atoms with Gasteiger partial charge in [-0.2, -0.15) is 0 Å². The van der Waals surface area contributed by atoms with Crippen molar-refractivity contribution in [1.82, 2.24) is 15.0 Å². The second-order valence-electron chi connectivity index (χ2n) is 5.18. The predicted octanol–water partition coefficient (Wildman–Crippen LogP) is 4.72. The van der Waals surface area contributed by atoms with Crippen LogP contribution in [0.4, 0.5) is 10.8 Å². The van der Waals surface area contributed by atoms with Gasteiger partial charge in [0.25, 0.3) is 5.91 Å². The van der Waals surface area contributed by atoms with Gasteiger partial charge in [-0.1, -0.05) is 41.1 Å². The van der Waals surface area contributed by atoms with Crippen LogP contribution in [0.25, 0.3) is 10.2 Å². The Labute approximate surface area is 152 Å². The summed E-state index contributed by atoms with van der Waals surface area (Å²) in [5, 5.41) is 1.09. The lowest BCUT2D eigenvalue weighted by Gasteiger charge is -2.19. The zero-order valence-corrected chi connectivity index (χ0v) is 14.4. The second-order valence-corrected chi connectivity index (χ2v) is 6.62. The molecule has 4 aromatic rings. The topological polar surface area (TPSA) is 59.0 Å². The third kappa shape index (κ3) is 3.09. The molecule has 4 rings (SSSR count). The van der Waals surface area contributed by atoms with Gasteiger partial charge in [0.2, 0.25) is 0 Å². The van der Waals surface area contributed by atoms with Gasteiger partial charge in [0.05, 0.1) is 22.1 Å². The lowest BCUT2D eigenvalue weighted by molar-refractivity contribution is 0.0994. The molecule has 0 saturated carbocycles. The number of halogens is 1. The fourth-order valence-electron chi connectivity index (χ4n) is 2.41. The molecule has 0 atom stereocenters. The molecule has 0 aliphatic carbocycles. The van der Waals surface area contributed by atoms with Crippen molar-refractivity contribution in [1.29, 1.82) is 0 Å². The summed E-state index contributed by atoms with van der Waals surface area (Å²) in [5.74, 6) is -0.311. The lowest BCUT2D eigenvalue weighted by Crippen LogP contribution is -2.26. The zero-order valence-electron chi connectivity index (χ0n) is 12.8. The number of fused-ring (bicyclic) bond motifs is 1. The summed E-state index contributed by atoms with van der Waals surface area (Å²) in [4.78, 5) is 27.3. The van der Waals surface area contributed by atoms with Crippen LogP contribution in [0.5, 0.6) is 0 Å². The van der Waals surface area contributed by atoms with E-state index in [0.29, 0.717) is 15.8 Å². The largest absolute Gasteiger partial charge is 0.284 e. The Balaban J connectivity index is 1.87. The second kappa shape index (κ2) is 6.58. The lowest BCUT2D eigenvalue weighted by atomic mass is 10.2. The minimum Gasteiger partial charge on any atom is -0.266 e. The highest BCUT2D eigenvalue weighted by Gasteiger charge is 2.24. The average Bonchev–Trinajstić information content (AvgIpc) is 3.06. The highest BCUT2D eigenvalue weighted by molar-refractivity contribution is 7.22. The van der Waals surface area contributed by atoms with E-state index < -0.39 is 0 Å². The van der Waals surface area contributed by atoms with Gasteiger partial charge in [0, 0.05) is 17.4 Å². The highest BCUT2D eigenvalue weighted by Crippen LogP contribution is 2.35. The fourth-order valence-corrected chi connectivity index (χ4v) is 3.58. The first kappa shape index (κ1) is 15.7. The zero-order chi connectivity index (χ0) is 17.2. The molecule has 0 saturated heterocycles. The molecule has 2 aromatic heterocycles. The van der Waals surface area contributed by atoms with Crippen LogP contribution in [0.2, 0.25) is 5.02 Å². The van der Waals surface area contributed by atoms with Crippen molar-refractivity contribution < 1.29 is 4.79 Å². The van der Waals surface area contributed by atoms with Crippen LogP contribution in [-0.4, -0.2) is 20.9 Å². The third-order valence-corrected chi connectivity index (χ3v) is 4.78. The molecule has 0 aliphatic heterocycles. The van der Waals surface area contributed by atoms with Crippen LogP contribution in [0.15, 0.2) is 67.1 Å². The molecule has 1 amide bonds. The van der Waals surface area contributed by atoms with Crippen molar-refractivity contribution in [3.05, 3.63) is 77.8 Å². The summed E-state index contributed by atoms with van der Waals surface area (Å²) in [6.45, 7) is 0. The van der Waals surface area contributed by atoms with Gasteiger partial charge in [0.1, 0.15) is 5.69 Å². The Morgan fingerprint density at radius 2 is 1.96 bits per heavy atom.